The van der Waals surface area contributed by atoms with E-state index in [1.165, 1.54) is 0 Å². The van der Waals surface area contributed by atoms with E-state index in [-0.39, 0.29) is 11.8 Å². The molecular weight excluding hydrogens is 218 g/mol. The molecular formula is C12H19N3O2. The summed E-state index contributed by atoms with van der Waals surface area (Å²) in [5.41, 5.74) is -0.248. The highest BCUT2D eigenvalue weighted by atomic mass is 16.3. The van der Waals surface area contributed by atoms with Crippen molar-refractivity contribution in [3.05, 3.63) is 11.9 Å². The number of nitrogens with zero attached hydrogens (tertiary/aromatic N) is 2. The molecule has 2 aliphatic rings. The summed E-state index contributed by atoms with van der Waals surface area (Å²) in [6.07, 6.45) is 3.58. The predicted octanol–water partition coefficient (Wildman–Crippen LogP) is 0.469. The molecule has 0 bridgehead atoms. The van der Waals surface area contributed by atoms with Crippen LogP contribution in [-0.2, 0) is 4.79 Å². The quantitative estimate of drug-likeness (QED) is 0.733. The molecule has 0 aromatic rings. The Bertz CT molecular complexity index is 389. The molecule has 0 unspecified atom stereocenters. The Labute approximate surface area is 101 Å². The van der Waals surface area contributed by atoms with Crippen molar-refractivity contribution in [3.63, 3.8) is 0 Å². The van der Waals surface area contributed by atoms with Crippen LogP contribution in [0.5, 0.6) is 0 Å². The Kier molecular flexibility index (Phi) is 2.95. The molecule has 5 heteroatoms. The van der Waals surface area contributed by atoms with E-state index in [9.17, 15) is 9.90 Å². The Morgan fingerprint density at radius 2 is 2.24 bits per heavy atom. The van der Waals surface area contributed by atoms with Crippen molar-refractivity contribution in [1.29, 1.82) is 0 Å². The summed E-state index contributed by atoms with van der Waals surface area (Å²) in [6.45, 7) is 3.88. The number of hydrogen-bond acceptors (Lipinski definition) is 4. The Balaban J connectivity index is 2.06. The molecule has 1 heterocycles. The number of likely N-dealkylation sites (N-methyl/N-ethyl adjacent to an activating group) is 1. The SMILES string of the molecule is CN(C(=O)C1CC1)C1=NC=C(C(C)(C)O)NC1. The summed E-state index contributed by atoms with van der Waals surface area (Å²) in [7, 11) is 1.75. The van der Waals surface area contributed by atoms with Gasteiger partial charge in [0.15, 0.2) is 0 Å². The van der Waals surface area contributed by atoms with Crippen LogP contribution < -0.4 is 5.32 Å². The van der Waals surface area contributed by atoms with Crippen LogP contribution in [0.3, 0.4) is 0 Å². The number of hydrogen-bond donors (Lipinski definition) is 2. The van der Waals surface area contributed by atoms with Gasteiger partial charge in [-0.2, -0.15) is 0 Å². The molecule has 1 aliphatic heterocycles. The molecule has 0 spiro atoms. The molecule has 0 aromatic carbocycles. The predicted molar refractivity (Wildman–Crippen MR) is 65.3 cm³/mol. The number of rotatable bonds is 2. The molecule has 5 nitrogen and oxygen atoms in total. The van der Waals surface area contributed by atoms with Crippen LogP contribution in [0.15, 0.2) is 16.9 Å². The van der Waals surface area contributed by atoms with Gasteiger partial charge in [0.05, 0.1) is 24.0 Å². The molecule has 0 radical (unpaired) electrons. The van der Waals surface area contributed by atoms with E-state index < -0.39 is 5.60 Å². The molecule has 1 amide bonds. The van der Waals surface area contributed by atoms with Gasteiger partial charge >= 0.3 is 0 Å². The maximum atomic E-state index is 11.8. The topological polar surface area (TPSA) is 64.9 Å². The highest BCUT2D eigenvalue weighted by molar-refractivity contribution is 6.01. The van der Waals surface area contributed by atoms with E-state index in [0.717, 1.165) is 12.8 Å². The lowest BCUT2D eigenvalue weighted by Gasteiger charge is -2.28. The third-order valence-corrected chi connectivity index (χ3v) is 3.08. The van der Waals surface area contributed by atoms with Gasteiger partial charge in [-0.1, -0.05) is 0 Å². The maximum absolute atomic E-state index is 11.8. The van der Waals surface area contributed by atoms with E-state index in [4.69, 9.17) is 0 Å². The first-order valence-corrected chi connectivity index (χ1v) is 5.90. The highest BCUT2D eigenvalue weighted by Gasteiger charge is 2.34. The standard InChI is InChI=1S/C12H19N3O2/c1-12(2,17)9-6-14-10(7-13-9)15(3)11(16)8-4-5-8/h6,8,13,17H,4-5,7H2,1-3H3. The van der Waals surface area contributed by atoms with Gasteiger partial charge in [0.1, 0.15) is 5.84 Å². The summed E-state index contributed by atoms with van der Waals surface area (Å²) in [5, 5.41) is 12.9. The number of aliphatic hydroxyl groups is 1. The fourth-order valence-electron chi connectivity index (χ4n) is 1.72. The van der Waals surface area contributed by atoms with Crippen LogP contribution in [0.25, 0.3) is 0 Å². The van der Waals surface area contributed by atoms with Crippen molar-refractivity contribution in [2.24, 2.45) is 10.9 Å². The highest BCUT2D eigenvalue weighted by Crippen LogP contribution is 2.30. The van der Waals surface area contributed by atoms with Crippen molar-refractivity contribution in [2.45, 2.75) is 32.3 Å². The molecule has 2 N–H and O–H groups in total. The summed E-state index contributed by atoms with van der Waals surface area (Å²) < 4.78 is 0. The van der Waals surface area contributed by atoms with Gasteiger partial charge in [0.25, 0.3) is 0 Å². The number of nitrogens with one attached hydrogen (secondary N) is 1. The minimum absolute atomic E-state index is 0.144. The van der Waals surface area contributed by atoms with Gasteiger partial charge in [-0.3, -0.25) is 4.79 Å². The zero-order valence-corrected chi connectivity index (χ0v) is 10.5. The zero-order chi connectivity index (χ0) is 12.6. The summed E-state index contributed by atoms with van der Waals surface area (Å²) in [5.74, 6) is 1.04. The fourth-order valence-corrected chi connectivity index (χ4v) is 1.72. The largest absolute Gasteiger partial charge is 0.384 e. The van der Waals surface area contributed by atoms with Gasteiger partial charge in [0.2, 0.25) is 5.91 Å². The molecule has 1 fully saturated rings. The fraction of sp³-hybridized carbons (Fsp3) is 0.667. The molecule has 0 saturated heterocycles. The van der Waals surface area contributed by atoms with Crippen molar-refractivity contribution >= 4 is 11.7 Å². The van der Waals surface area contributed by atoms with Gasteiger partial charge in [-0.05, 0) is 26.7 Å². The number of carbonyl (C=O) groups excluding carboxylic acids is 1. The number of carbonyl (C=O) groups is 1. The van der Waals surface area contributed by atoms with Crippen molar-refractivity contribution in [3.8, 4) is 0 Å². The van der Waals surface area contributed by atoms with E-state index >= 15 is 0 Å². The van der Waals surface area contributed by atoms with Gasteiger partial charge in [-0.25, -0.2) is 4.99 Å². The van der Waals surface area contributed by atoms with Crippen molar-refractivity contribution < 1.29 is 9.90 Å². The van der Waals surface area contributed by atoms with Gasteiger partial charge < -0.3 is 15.3 Å². The van der Waals surface area contributed by atoms with Crippen LogP contribution in [0, 0.1) is 5.92 Å². The van der Waals surface area contributed by atoms with Crippen LogP contribution in [-0.4, -0.2) is 40.9 Å². The van der Waals surface area contributed by atoms with E-state index in [1.807, 2.05) is 0 Å². The van der Waals surface area contributed by atoms with E-state index in [0.29, 0.717) is 18.1 Å². The molecule has 1 saturated carbocycles. The summed E-state index contributed by atoms with van der Waals surface area (Å²) in [4.78, 5) is 17.7. The lowest BCUT2D eigenvalue weighted by molar-refractivity contribution is -0.127. The van der Waals surface area contributed by atoms with Gasteiger partial charge in [-0.15, -0.1) is 0 Å². The van der Waals surface area contributed by atoms with E-state index in [1.54, 1.807) is 32.0 Å². The van der Waals surface area contributed by atoms with Crippen LogP contribution in [0.4, 0.5) is 0 Å². The van der Waals surface area contributed by atoms with E-state index in [2.05, 4.69) is 10.3 Å². The second kappa shape index (κ2) is 4.14. The number of aliphatic imine (C=N–C) groups is 1. The minimum Gasteiger partial charge on any atom is -0.384 e. The Hall–Kier alpha value is -1.36. The molecule has 1 aliphatic carbocycles. The second-order valence-electron chi connectivity index (χ2n) is 5.17. The average molecular weight is 237 g/mol. The second-order valence-corrected chi connectivity index (χ2v) is 5.17. The first-order valence-electron chi connectivity index (χ1n) is 5.90. The maximum Gasteiger partial charge on any atom is 0.230 e. The number of amidine groups is 1. The summed E-state index contributed by atoms with van der Waals surface area (Å²) in [6, 6.07) is 0. The van der Waals surface area contributed by atoms with Crippen LogP contribution >= 0.6 is 0 Å². The molecule has 94 valence electrons. The monoisotopic (exact) mass is 237 g/mol. The number of amides is 1. The average Bonchev–Trinajstić information content (AvgIpc) is 3.10. The molecule has 17 heavy (non-hydrogen) atoms. The minimum atomic E-state index is -0.923. The lowest BCUT2D eigenvalue weighted by atomic mass is 10.1. The van der Waals surface area contributed by atoms with Gasteiger partial charge in [0, 0.05) is 13.0 Å². The van der Waals surface area contributed by atoms with Crippen LogP contribution in [0.2, 0.25) is 0 Å². The zero-order valence-electron chi connectivity index (χ0n) is 10.5. The summed E-state index contributed by atoms with van der Waals surface area (Å²) >= 11 is 0. The lowest BCUT2D eigenvalue weighted by Crippen LogP contribution is -2.44. The first-order chi connectivity index (χ1) is 7.89. The third-order valence-electron chi connectivity index (χ3n) is 3.08. The smallest absolute Gasteiger partial charge is 0.230 e. The molecule has 0 atom stereocenters. The van der Waals surface area contributed by atoms with Crippen molar-refractivity contribution in [2.75, 3.05) is 13.6 Å². The van der Waals surface area contributed by atoms with Crippen LogP contribution in [0.1, 0.15) is 26.7 Å². The Morgan fingerprint density at radius 1 is 1.59 bits per heavy atom. The Morgan fingerprint density at radius 3 is 2.65 bits per heavy atom. The first kappa shape index (κ1) is 12.1. The van der Waals surface area contributed by atoms with Crippen molar-refractivity contribution in [1.82, 2.24) is 10.2 Å². The normalized spacial score (nSPS) is 20.2. The third kappa shape index (κ3) is 2.66. The molecule has 2 rings (SSSR count). The molecule has 0 aromatic heterocycles.